The van der Waals surface area contributed by atoms with Gasteiger partial charge in [-0.05, 0) is 32.6 Å². The van der Waals surface area contributed by atoms with Crippen molar-refractivity contribution in [2.45, 2.75) is 51.9 Å². The van der Waals surface area contributed by atoms with Gasteiger partial charge in [0.15, 0.2) is 5.69 Å². The van der Waals surface area contributed by atoms with Gasteiger partial charge in [0.1, 0.15) is 12.2 Å². The van der Waals surface area contributed by atoms with E-state index in [1.54, 1.807) is 6.92 Å². The molecule has 0 aromatic carbocycles. The van der Waals surface area contributed by atoms with Gasteiger partial charge in [0, 0.05) is 17.8 Å². The Morgan fingerprint density at radius 1 is 1.26 bits per heavy atom. The van der Waals surface area contributed by atoms with Gasteiger partial charge >= 0.3 is 6.18 Å². The molecule has 3 rings (SSSR count). The van der Waals surface area contributed by atoms with Crippen LogP contribution in [-0.4, -0.2) is 31.4 Å². The summed E-state index contributed by atoms with van der Waals surface area (Å²) in [4.78, 5) is 23.9. The second kappa shape index (κ2) is 7.05. The van der Waals surface area contributed by atoms with Crippen LogP contribution < -0.4 is 11.1 Å². The highest BCUT2D eigenvalue weighted by Crippen LogP contribution is 2.35. The lowest BCUT2D eigenvalue weighted by Gasteiger charge is -2.14. The third-order valence-electron chi connectivity index (χ3n) is 4.47. The Hall–Kier alpha value is -2.85. The summed E-state index contributed by atoms with van der Waals surface area (Å²) < 4.78 is 42.1. The quantitative estimate of drug-likeness (QED) is 0.818. The number of alkyl halides is 3. The third kappa shape index (κ3) is 3.67. The Balaban J connectivity index is 1.84. The number of aryl methyl sites for hydroxylation is 1. The molecule has 1 aliphatic rings. The lowest BCUT2D eigenvalue weighted by molar-refractivity contribution is -0.142. The minimum absolute atomic E-state index is 0.0318. The molecule has 0 unspecified atom stereocenters. The van der Waals surface area contributed by atoms with Crippen LogP contribution in [0.25, 0.3) is 0 Å². The number of nitrogens with one attached hydrogen (secondary N) is 1. The number of amides is 2. The topological polar surface area (TPSA) is 108 Å². The van der Waals surface area contributed by atoms with Gasteiger partial charge in [0.2, 0.25) is 5.91 Å². The van der Waals surface area contributed by atoms with E-state index in [4.69, 9.17) is 5.73 Å². The van der Waals surface area contributed by atoms with Crippen LogP contribution >= 0.6 is 0 Å². The number of hydrogen-bond donors (Lipinski definition) is 2. The second-order valence-corrected chi connectivity index (χ2v) is 6.27. The van der Waals surface area contributed by atoms with Gasteiger partial charge in [0.05, 0.1) is 11.9 Å². The monoisotopic (exact) mass is 384 g/mol. The molecule has 2 heterocycles. The molecule has 0 atom stereocenters. The van der Waals surface area contributed by atoms with Crippen molar-refractivity contribution in [1.82, 2.24) is 19.6 Å². The Bertz CT molecular complexity index is 884. The molecule has 0 saturated heterocycles. The summed E-state index contributed by atoms with van der Waals surface area (Å²) in [7, 11) is 0. The fourth-order valence-corrected chi connectivity index (χ4v) is 3.33. The number of halogens is 3. The summed E-state index contributed by atoms with van der Waals surface area (Å²) >= 11 is 0. The first kappa shape index (κ1) is 18.9. The van der Waals surface area contributed by atoms with Crippen LogP contribution in [-0.2, 0) is 36.9 Å². The zero-order chi connectivity index (χ0) is 19.8. The van der Waals surface area contributed by atoms with Crippen molar-refractivity contribution in [3.8, 4) is 0 Å². The largest absolute Gasteiger partial charge is 0.435 e. The maximum Gasteiger partial charge on any atom is 0.435 e. The first-order chi connectivity index (χ1) is 12.7. The molecular weight excluding hydrogens is 365 g/mol. The minimum Gasteiger partial charge on any atom is -0.364 e. The summed E-state index contributed by atoms with van der Waals surface area (Å²) in [5, 5.41) is 10.1. The number of nitrogens with two attached hydrogens (primary N) is 1. The smallest absolute Gasteiger partial charge is 0.364 e. The molecule has 3 N–H and O–H groups in total. The van der Waals surface area contributed by atoms with Crippen molar-refractivity contribution in [1.29, 1.82) is 0 Å². The first-order valence-corrected chi connectivity index (χ1v) is 8.53. The highest BCUT2D eigenvalue weighted by Gasteiger charge is 2.39. The van der Waals surface area contributed by atoms with E-state index in [1.165, 1.54) is 10.9 Å². The number of carbonyl (C=O) groups excluding carboxylic acids is 2. The average molecular weight is 384 g/mol. The fraction of sp³-hybridized carbons (Fsp3) is 0.500. The SMILES string of the molecule is CCn1ncc(NC(=O)Cn2nc(C(F)(F)F)c3c2CCCC3)c1C(N)=O. The highest BCUT2D eigenvalue weighted by molar-refractivity contribution is 6.01. The first-order valence-electron chi connectivity index (χ1n) is 8.53. The summed E-state index contributed by atoms with van der Waals surface area (Å²) in [5.41, 5.74) is 5.13. The highest BCUT2D eigenvalue weighted by atomic mass is 19.4. The van der Waals surface area contributed by atoms with Crippen LogP contribution in [0.4, 0.5) is 18.9 Å². The van der Waals surface area contributed by atoms with Gasteiger partial charge in [-0.25, -0.2) is 0 Å². The molecule has 0 radical (unpaired) electrons. The zero-order valence-electron chi connectivity index (χ0n) is 14.6. The molecule has 0 aliphatic heterocycles. The van der Waals surface area contributed by atoms with E-state index in [1.807, 2.05) is 0 Å². The van der Waals surface area contributed by atoms with Crippen molar-refractivity contribution in [3.05, 3.63) is 28.8 Å². The van der Waals surface area contributed by atoms with E-state index >= 15 is 0 Å². The summed E-state index contributed by atoms with van der Waals surface area (Å²) in [6, 6.07) is 0. The van der Waals surface area contributed by atoms with Crippen molar-refractivity contribution in [3.63, 3.8) is 0 Å². The molecule has 27 heavy (non-hydrogen) atoms. The van der Waals surface area contributed by atoms with Crippen LogP contribution in [0.15, 0.2) is 6.20 Å². The standard InChI is InChI=1S/C16H19F3N6O2/c1-2-24-13(15(20)27)10(7-21-24)22-12(26)8-25-11-6-4-3-5-9(11)14(23-25)16(17,18)19/h7H,2-6,8H2,1H3,(H2,20,27)(H,22,26). The van der Waals surface area contributed by atoms with Gasteiger partial charge in [-0.15, -0.1) is 0 Å². The van der Waals surface area contributed by atoms with E-state index < -0.39 is 30.2 Å². The number of fused-ring (bicyclic) bond motifs is 1. The predicted octanol–water partition coefficient (Wildman–Crippen LogP) is 1.73. The Labute approximate surface area is 152 Å². The van der Waals surface area contributed by atoms with Crippen molar-refractivity contribution >= 4 is 17.5 Å². The Morgan fingerprint density at radius 3 is 2.59 bits per heavy atom. The summed E-state index contributed by atoms with van der Waals surface area (Å²) in [6.45, 7) is 1.73. The predicted molar refractivity (Wildman–Crippen MR) is 88.9 cm³/mol. The molecule has 0 fully saturated rings. The summed E-state index contributed by atoms with van der Waals surface area (Å²) in [5.74, 6) is -1.38. The van der Waals surface area contributed by atoms with Gasteiger partial charge in [-0.3, -0.25) is 19.0 Å². The molecule has 0 bridgehead atoms. The van der Waals surface area contributed by atoms with Crippen LogP contribution in [0.1, 0.15) is 47.2 Å². The van der Waals surface area contributed by atoms with E-state index in [0.717, 1.165) is 11.1 Å². The van der Waals surface area contributed by atoms with Crippen LogP contribution in [0.3, 0.4) is 0 Å². The van der Waals surface area contributed by atoms with Crippen molar-refractivity contribution < 1.29 is 22.8 Å². The van der Waals surface area contributed by atoms with Crippen LogP contribution in [0, 0.1) is 0 Å². The van der Waals surface area contributed by atoms with Gasteiger partial charge in [-0.1, -0.05) is 0 Å². The molecule has 2 amide bonds. The normalized spacial score (nSPS) is 14.1. The molecule has 0 saturated carbocycles. The van der Waals surface area contributed by atoms with Crippen LogP contribution in [0.2, 0.25) is 0 Å². The number of hydrogen-bond acceptors (Lipinski definition) is 4. The third-order valence-corrected chi connectivity index (χ3v) is 4.47. The number of primary amides is 1. The lowest BCUT2D eigenvalue weighted by Crippen LogP contribution is -2.24. The molecule has 0 spiro atoms. The number of carbonyl (C=O) groups is 2. The molecule has 2 aromatic heterocycles. The zero-order valence-corrected chi connectivity index (χ0v) is 14.6. The fourth-order valence-electron chi connectivity index (χ4n) is 3.33. The van der Waals surface area contributed by atoms with Crippen molar-refractivity contribution in [2.24, 2.45) is 5.73 Å². The Kier molecular flexibility index (Phi) is 4.94. The number of nitrogens with zero attached hydrogens (tertiary/aromatic N) is 4. The Morgan fingerprint density at radius 2 is 1.96 bits per heavy atom. The van der Waals surface area contributed by atoms with Gasteiger partial charge in [0.25, 0.3) is 5.91 Å². The van der Waals surface area contributed by atoms with Crippen LogP contribution in [0.5, 0.6) is 0 Å². The van der Waals surface area contributed by atoms with Crippen molar-refractivity contribution in [2.75, 3.05) is 5.32 Å². The molecule has 8 nitrogen and oxygen atoms in total. The number of anilines is 1. The molecule has 11 heteroatoms. The summed E-state index contributed by atoms with van der Waals surface area (Å²) in [6.07, 6.45) is -1.16. The molecular formula is C16H19F3N6O2. The maximum atomic E-state index is 13.2. The van der Waals surface area contributed by atoms with Gasteiger partial charge < -0.3 is 11.1 Å². The molecule has 1 aliphatic carbocycles. The molecule has 146 valence electrons. The maximum absolute atomic E-state index is 13.2. The average Bonchev–Trinajstić information content (AvgIpc) is 3.16. The molecule has 2 aromatic rings. The van der Waals surface area contributed by atoms with E-state index in [0.29, 0.717) is 31.5 Å². The van der Waals surface area contributed by atoms with Gasteiger partial charge in [-0.2, -0.15) is 23.4 Å². The van der Waals surface area contributed by atoms with E-state index in [2.05, 4.69) is 15.5 Å². The number of aromatic nitrogens is 4. The second-order valence-electron chi connectivity index (χ2n) is 6.27. The van der Waals surface area contributed by atoms with E-state index in [9.17, 15) is 22.8 Å². The number of rotatable bonds is 5. The minimum atomic E-state index is -4.56. The van der Waals surface area contributed by atoms with E-state index in [-0.39, 0.29) is 16.9 Å². The lowest BCUT2D eigenvalue weighted by atomic mass is 9.95.